The first-order chi connectivity index (χ1) is 22.2. The molecule has 1 saturated carbocycles. The van der Waals surface area contributed by atoms with E-state index in [0.29, 0.717) is 29.0 Å². The van der Waals surface area contributed by atoms with Gasteiger partial charge in [0, 0.05) is 18.0 Å². The van der Waals surface area contributed by atoms with Gasteiger partial charge in [-0.15, -0.1) is 0 Å². The fraction of sp³-hybridized carbons (Fsp3) is 0.382. The first-order valence-electron chi connectivity index (χ1n) is 15.2. The van der Waals surface area contributed by atoms with Gasteiger partial charge in [0.05, 0.1) is 22.6 Å². The van der Waals surface area contributed by atoms with Gasteiger partial charge in [-0.05, 0) is 67.0 Å². The van der Waals surface area contributed by atoms with Crippen molar-refractivity contribution in [3.05, 3.63) is 71.9 Å². The Morgan fingerprint density at radius 3 is 2.54 bits per heavy atom. The number of hydrogen-bond donors (Lipinski definition) is 2. The van der Waals surface area contributed by atoms with Crippen molar-refractivity contribution in [2.75, 3.05) is 29.8 Å². The number of fused-ring (bicyclic) bond motifs is 1. The first-order valence-corrected chi connectivity index (χ1v) is 16.2. The van der Waals surface area contributed by atoms with Crippen LogP contribution >= 0.6 is 11.8 Å². The van der Waals surface area contributed by atoms with Gasteiger partial charge in [-0.3, -0.25) is 9.59 Å². The van der Waals surface area contributed by atoms with Gasteiger partial charge >= 0.3 is 11.9 Å². The van der Waals surface area contributed by atoms with Crippen molar-refractivity contribution in [3.8, 4) is 11.5 Å². The molecule has 2 aromatic carbocycles. The number of pyridine rings is 1. The van der Waals surface area contributed by atoms with Gasteiger partial charge in [0.15, 0.2) is 18.1 Å². The fourth-order valence-corrected chi connectivity index (χ4v) is 6.37. The van der Waals surface area contributed by atoms with Gasteiger partial charge in [0.25, 0.3) is 5.91 Å². The van der Waals surface area contributed by atoms with Crippen LogP contribution in [0.15, 0.2) is 65.8 Å². The largest absolute Gasteiger partial charge is 0.458 e. The zero-order chi connectivity index (χ0) is 32.6. The van der Waals surface area contributed by atoms with Gasteiger partial charge in [-0.25, -0.2) is 14.6 Å². The minimum atomic E-state index is -0.777. The quantitative estimate of drug-likeness (QED) is 0.189. The first kappa shape index (κ1) is 32.8. The number of benzene rings is 2. The molecule has 46 heavy (non-hydrogen) atoms. The third kappa shape index (κ3) is 8.36. The van der Waals surface area contributed by atoms with Crippen molar-refractivity contribution in [1.82, 2.24) is 4.98 Å². The van der Waals surface area contributed by atoms with Crippen LogP contribution in [0.5, 0.6) is 11.5 Å². The van der Waals surface area contributed by atoms with Crippen molar-refractivity contribution in [3.63, 3.8) is 0 Å². The molecule has 2 N–H and O–H groups in total. The van der Waals surface area contributed by atoms with Crippen LogP contribution in [0.25, 0.3) is 0 Å². The molecule has 2 aliphatic rings. The molecule has 2 heterocycles. The molecule has 5 rings (SSSR count). The van der Waals surface area contributed by atoms with E-state index in [2.05, 4.69) is 36.4 Å². The van der Waals surface area contributed by atoms with E-state index in [1.807, 2.05) is 0 Å². The molecule has 0 radical (unpaired) electrons. The summed E-state index contributed by atoms with van der Waals surface area (Å²) in [6.45, 7) is 5.98. The van der Waals surface area contributed by atoms with Crippen molar-refractivity contribution in [2.24, 2.45) is 17.8 Å². The maximum absolute atomic E-state index is 13.2. The number of para-hydroxylation sites is 1. The standard InChI is InChI=1S/C34H37N3O8S/c1-20(2)23-12-10-21(3)15-28(23)45-34(41)24-7-4-5-9-26(24)37-30(38)17-42-33(40)25-8-6-14-35-32(25)46-18-31(39)36-22-11-13-27-29(16-22)44-19-43-27/h4-9,11,13-14,16,20-21,23,28H,10,12,15,17-19H2,1-3H3,(H,36,39)(H,37,38)/t21-,23+,28+/m0/s1. The van der Waals surface area contributed by atoms with E-state index < -0.39 is 24.5 Å². The van der Waals surface area contributed by atoms with Crippen LogP contribution in [0.2, 0.25) is 0 Å². The van der Waals surface area contributed by atoms with Gasteiger partial charge in [0.2, 0.25) is 12.7 Å². The summed E-state index contributed by atoms with van der Waals surface area (Å²) >= 11 is 1.05. The van der Waals surface area contributed by atoms with Crippen LogP contribution in [0.4, 0.5) is 11.4 Å². The Hall–Kier alpha value is -4.58. The minimum absolute atomic E-state index is 0.0310. The Bertz CT molecular complexity index is 1600. The Labute approximate surface area is 271 Å². The van der Waals surface area contributed by atoms with Crippen molar-refractivity contribution < 1.29 is 38.1 Å². The van der Waals surface area contributed by atoms with E-state index in [9.17, 15) is 19.2 Å². The fourth-order valence-electron chi connectivity index (χ4n) is 5.58. The third-order valence-electron chi connectivity index (χ3n) is 7.96. The molecular weight excluding hydrogens is 610 g/mol. The van der Waals surface area contributed by atoms with Gasteiger partial charge in [-0.2, -0.15) is 0 Å². The SMILES string of the molecule is CC(C)[C@H]1CC[C@H](C)C[C@H]1OC(=O)c1ccccc1NC(=O)COC(=O)c1cccnc1SCC(=O)Nc1ccc2c(c1)OCO2. The van der Waals surface area contributed by atoms with Gasteiger partial charge in [-0.1, -0.05) is 51.1 Å². The maximum Gasteiger partial charge on any atom is 0.341 e. The Morgan fingerprint density at radius 2 is 1.72 bits per heavy atom. The van der Waals surface area contributed by atoms with E-state index in [0.717, 1.165) is 31.0 Å². The number of ether oxygens (including phenoxy) is 4. The zero-order valence-corrected chi connectivity index (χ0v) is 26.8. The molecule has 3 atom stereocenters. The highest BCUT2D eigenvalue weighted by Gasteiger charge is 2.34. The van der Waals surface area contributed by atoms with E-state index in [4.69, 9.17) is 18.9 Å². The number of rotatable bonds is 11. The number of aromatic nitrogens is 1. The highest BCUT2D eigenvalue weighted by atomic mass is 32.2. The highest BCUT2D eigenvalue weighted by Crippen LogP contribution is 2.36. The lowest BCUT2D eigenvalue weighted by Crippen LogP contribution is -2.36. The summed E-state index contributed by atoms with van der Waals surface area (Å²) in [7, 11) is 0. The number of thioether (sulfide) groups is 1. The van der Waals surface area contributed by atoms with Crippen LogP contribution in [0.3, 0.4) is 0 Å². The van der Waals surface area contributed by atoms with E-state index in [1.165, 1.54) is 12.3 Å². The van der Waals surface area contributed by atoms with Gasteiger partial charge < -0.3 is 29.6 Å². The van der Waals surface area contributed by atoms with Crippen LogP contribution in [-0.4, -0.2) is 54.0 Å². The number of carbonyl (C=O) groups excluding carboxylic acids is 4. The van der Waals surface area contributed by atoms with Gasteiger partial charge in [0.1, 0.15) is 11.1 Å². The molecule has 11 nitrogen and oxygen atoms in total. The van der Waals surface area contributed by atoms with Crippen molar-refractivity contribution >= 4 is 46.9 Å². The highest BCUT2D eigenvalue weighted by molar-refractivity contribution is 8.00. The Morgan fingerprint density at radius 1 is 0.935 bits per heavy atom. The predicted octanol–water partition coefficient (Wildman–Crippen LogP) is 5.95. The summed E-state index contributed by atoms with van der Waals surface area (Å²) in [5.74, 6) is 0.0249. The average Bonchev–Trinajstić information content (AvgIpc) is 3.51. The van der Waals surface area contributed by atoms with E-state index in [1.54, 1.807) is 48.5 Å². The van der Waals surface area contributed by atoms with Crippen molar-refractivity contribution in [1.29, 1.82) is 0 Å². The Kier molecular flexibility index (Phi) is 10.8. The van der Waals surface area contributed by atoms with Crippen LogP contribution in [-0.2, 0) is 19.1 Å². The van der Waals surface area contributed by atoms with Crippen molar-refractivity contribution in [2.45, 2.75) is 51.2 Å². The summed E-state index contributed by atoms with van der Waals surface area (Å²) in [6, 6.07) is 14.7. The van der Waals surface area contributed by atoms with E-state index in [-0.39, 0.29) is 52.3 Å². The monoisotopic (exact) mass is 647 g/mol. The minimum Gasteiger partial charge on any atom is -0.458 e. The number of carbonyl (C=O) groups is 4. The topological polar surface area (TPSA) is 142 Å². The summed E-state index contributed by atoms with van der Waals surface area (Å²) in [5, 5.41) is 5.71. The normalized spacial score (nSPS) is 18.5. The summed E-state index contributed by atoms with van der Waals surface area (Å²) in [5.41, 5.74) is 1.15. The third-order valence-corrected chi connectivity index (χ3v) is 8.97. The lowest BCUT2D eigenvalue weighted by Gasteiger charge is -2.36. The lowest BCUT2D eigenvalue weighted by molar-refractivity contribution is -0.119. The molecule has 1 aliphatic carbocycles. The summed E-state index contributed by atoms with van der Waals surface area (Å²) in [6.07, 6.45) is 4.22. The second-order valence-electron chi connectivity index (χ2n) is 11.7. The van der Waals surface area contributed by atoms with E-state index >= 15 is 0 Å². The van der Waals surface area contributed by atoms with Crippen LogP contribution in [0.1, 0.15) is 60.7 Å². The smallest absolute Gasteiger partial charge is 0.341 e. The van der Waals surface area contributed by atoms with Crippen LogP contribution in [0, 0.1) is 17.8 Å². The number of nitrogens with zero attached hydrogens (tertiary/aromatic N) is 1. The molecule has 0 spiro atoms. The molecule has 12 heteroatoms. The Balaban J connectivity index is 1.14. The number of hydrogen-bond acceptors (Lipinski definition) is 10. The number of esters is 2. The average molecular weight is 648 g/mol. The molecule has 242 valence electrons. The molecule has 0 unspecified atom stereocenters. The molecule has 0 bridgehead atoms. The summed E-state index contributed by atoms with van der Waals surface area (Å²) < 4.78 is 21.9. The number of anilines is 2. The molecule has 1 aliphatic heterocycles. The summed E-state index contributed by atoms with van der Waals surface area (Å²) in [4.78, 5) is 55.7. The number of amides is 2. The molecule has 1 fully saturated rings. The second kappa shape index (κ2) is 15.1. The lowest BCUT2D eigenvalue weighted by atomic mass is 9.75. The maximum atomic E-state index is 13.2. The predicted molar refractivity (Wildman–Crippen MR) is 172 cm³/mol. The second-order valence-corrected chi connectivity index (χ2v) is 12.7. The molecule has 3 aromatic rings. The zero-order valence-electron chi connectivity index (χ0n) is 25.9. The molecule has 0 saturated heterocycles. The molecule has 1 aromatic heterocycles. The molecular formula is C34H37N3O8S. The number of nitrogens with one attached hydrogen (secondary N) is 2. The van der Waals surface area contributed by atoms with Crippen LogP contribution < -0.4 is 20.1 Å². The molecule has 2 amide bonds.